The molecule has 0 radical (unpaired) electrons. The second-order valence-corrected chi connectivity index (χ2v) is 5.14. The van der Waals surface area contributed by atoms with Gasteiger partial charge in [0.25, 0.3) is 0 Å². The van der Waals surface area contributed by atoms with Crippen LogP contribution in [0.25, 0.3) is 0 Å². The summed E-state index contributed by atoms with van der Waals surface area (Å²) in [4.78, 5) is 0. The van der Waals surface area contributed by atoms with Crippen molar-refractivity contribution >= 4 is 15.9 Å². The summed E-state index contributed by atoms with van der Waals surface area (Å²) >= 11 is 3.40. The fraction of sp³-hybridized carbons (Fsp3) is 0.538. The highest BCUT2D eigenvalue weighted by Gasteiger charge is 2.22. The van der Waals surface area contributed by atoms with Gasteiger partial charge in [0.2, 0.25) is 0 Å². The molecule has 1 fully saturated rings. The zero-order valence-corrected chi connectivity index (χ0v) is 11.6. The maximum absolute atomic E-state index is 5.63. The molecule has 1 aliphatic heterocycles. The molecule has 0 bridgehead atoms. The predicted octanol–water partition coefficient (Wildman–Crippen LogP) is 2.59. The van der Waals surface area contributed by atoms with Crippen LogP contribution in [0.5, 0.6) is 5.75 Å². The summed E-state index contributed by atoms with van der Waals surface area (Å²) in [6, 6.07) is 8.37. The Morgan fingerprint density at radius 3 is 2.82 bits per heavy atom. The van der Waals surface area contributed by atoms with E-state index in [2.05, 4.69) is 28.2 Å². The van der Waals surface area contributed by atoms with Crippen molar-refractivity contribution < 1.29 is 9.47 Å². The summed E-state index contributed by atoms with van der Waals surface area (Å²) in [6.07, 6.45) is 1.42. The first kappa shape index (κ1) is 12.9. The lowest BCUT2D eigenvalue weighted by Crippen LogP contribution is -2.37. The molecule has 1 N–H and O–H groups in total. The number of benzene rings is 1. The standard InChI is InChI=1S/C13H18BrNO2/c1-10-13(6-8-16-10)15-7-9-17-12-4-2-11(14)3-5-12/h2-5,10,13,15H,6-9H2,1H3. The van der Waals surface area contributed by atoms with Crippen LogP contribution in [0, 0.1) is 0 Å². The molecule has 2 unspecified atom stereocenters. The average Bonchev–Trinajstić information content (AvgIpc) is 2.73. The van der Waals surface area contributed by atoms with Crippen LogP contribution >= 0.6 is 15.9 Å². The average molecular weight is 300 g/mol. The van der Waals surface area contributed by atoms with E-state index in [1.165, 1.54) is 0 Å². The Hall–Kier alpha value is -0.580. The minimum atomic E-state index is 0.322. The van der Waals surface area contributed by atoms with Crippen LogP contribution < -0.4 is 10.1 Å². The van der Waals surface area contributed by atoms with Gasteiger partial charge in [-0.25, -0.2) is 0 Å². The Morgan fingerprint density at radius 2 is 2.18 bits per heavy atom. The summed E-state index contributed by atoms with van der Waals surface area (Å²) in [6.45, 7) is 4.52. The van der Waals surface area contributed by atoms with Gasteiger partial charge in [-0.1, -0.05) is 15.9 Å². The number of nitrogens with one attached hydrogen (secondary N) is 1. The molecular formula is C13H18BrNO2. The lowest BCUT2D eigenvalue weighted by molar-refractivity contribution is 0.112. The van der Waals surface area contributed by atoms with Crippen LogP contribution in [0.2, 0.25) is 0 Å². The minimum Gasteiger partial charge on any atom is -0.492 e. The molecule has 1 aromatic rings. The van der Waals surface area contributed by atoms with E-state index < -0.39 is 0 Å². The molecule has 94 valence electrons. The van der Waals surface area contributed by atoms with Gasteiger partial charge in [0, 0.05) is 23.7 Å². The third-order valence-corrected chi connectivity index (χ3v) is 3.50. The molecule has 2 rings (SSSR count). The van der Waals surface area contributed by atoms with Crippen LogP contribution in [0.15, 0.2) is 28.7 Å². The van der Waals surface area contributed by atoms with Gasteiger partial charge in [0.15, 0.2) is 0 Å². The predicted molar refractivity (Wildman–Crippen MR) is 71.5 cm³/mol. The normalized spacial score (nSPS) is 23.9. The third-order valence-electron chi connectivity index (χ3n) is 2.97. The highest BCUT2D eigenvalue weighted by atomic mass is 79.9. The van der Waals surface area contributed by atoms with Crippen molar-refractivity contribution in [2.45, 2.75) is 25.5 Å². The summed E-state index contributed by atoms with van der Waals surface area (Å²) < 4.78 is 12.2. The van der Waals surface area contributed by atoms with Crippen molar-refractivity contribution in [3.8, 4) is 5.75 Å². The van der Waals surface area contributed by atoms with Gasteiger partial charge in [-0.3, -0.25) is 0 Å². The van der Waals surface area contributed by atoms with Gasteiger partial charge >= 0.3 is 0 Å². The molecule has 1 aliphatic rings. The highest BCUT2D eigenvalue weighted by Crippen LogP contribution is 2.16. The van der Waals surface area contributed by atoms with E-state index >= 15 is 0 Å². The Balaban J connectivity index is 1.64. The Morgan fingerprint density at radius 1 is 1.41 bits per heavy atom. The number of hydrogen-bond acceptors (Lipinski definition) is 3. The number of halogens is 1. The molecular weight excluding hydrogens is 282 g/mol. The zero-order valence-electron chi connectivity index (χ0n) is 9.99. The van der Waals surface area contributed by atoms with Crippen molar-refractivity contribution in [1.29, 1.82) is 0 Å². The summed E-state index contributed by atoms with van der Waals surface area (Å²) in [5, 5.41) is 3.45. The van der Waals surface area contributed by atoms with E-state index in [9.17, 15) is 0 Å². The first-order chi connectivity index (χ1) is 8.25. The van der Waals surface area contributed by atoms with Crippen molar-refractivity contribution in [3.05, 3.63) is 28.7 Å². The van der Waals surface area contributed by atoms with E-state index in [1.807, 2.05) is 24.3 Å². The molecule has 1 saturated heterocycles. The molecule has 17 heavy (non-hydrogen) atoms. The maximum Gasteiger partial charge on any atom is 0.119 e. The fourth-order valence-electron chi connectivity index (χ4n) is 1.94. The molecule has 3 nitrogen and oxygen atoms in total. The first-order valence-corrected chi connectivity index (χ1v) is 6.78. The topological polar surface area (TPSA) is 30.5 Å². The van der Waals surface area contributed by atoms with Crippen LogP contribution in [-0.2, 0) is 4.74 Å². The van der Waals surface area contributed by atoms with E-state index in [0.717, 1.165) is 29.8 Å². The first-order valence-electron chi connectivity index (χ1n) is 5.99. The van der Waals surface area contributed by atoms with Crippen molar-refractivity contribution in [2.75, 3.05) is 19.8 Å². The molecule has 0 spiro atoms. The smallest absolute Gasteiger partial charge is 0.119 e. The van der Waals surface area contributed by atoms with E-state index in [4.69, 9.17) is 9.47 Å². The van der Waals surface area contributed by atoms with Crippen LogP contribution in [-0.4, -0.2) is 31.9 Å². The lowest BCUT2D eigenvalue weighted by atomic mass is 10.1. The molecule has 0 amide bonds. The Labute approximate surface area is 111 Å². The minimum absolute atomic E-state index is 0.322. The van der Waals surface area contributed by atoms with Gasteiger partial charge in [-0.2, -0.15) is 0 Å². The van der Waals surface area contributed by atoms with Crippen molar-refractivity contribution in [1.82, 2.24) is 5.32 Å². The number of hydrogen-bond donors (Lipinski definition) is 1. The van der Waals surface area contributed by atoms with E-state index in [1.54, 1.807) is 0 Å². The lowest BCUT2D eigenvalue weighted by Gasteiger charge is -2.16. The van der Waals surface area contributed by atoms with Crippen LogP contribution in [0.3, 0.4) is 0 Å². The number of rotatable bonds is 5. The van der Waals surface area contributed by atoms with Crippen LogP contribution in [0.4, 0.5) is 0 Å². The van der Waals surface area contributed by atoms with Gasteiger partial charge in [-0.15, -0.1) is 0 Å². The summed E-state index contributed by atoms with van der Waals surface area (Å²) in [5.74, 6) is 0.908. The van der Waals surface area contributed by atoms with Crippen LogP contribution in [0.1, 0.15) is 13.3 Å². The Bertz CT molecular complexity index is 342. The highest BCUT2D eigenvalue weighted by molar-refractivity contribution is 9.10. The van der Waals surface area contributed by atoms with Gasteiger partial charge in [0.1, 0.15) is 12.4 Å². The van der Waals surface area contributed by atoms with Crippen molar-refractivity contribution in [3.63, 3.8) is 0 Å². The monoisotopic (exact) mass is 299 g/mol. The number of ether oxygens (including phenoxy) is 2. The SMILES string of the molecule is CC1OCCC1NCCOc1ccc(Br)cc1. The fourth-order valence-corrected chi connectivity index (χ4v) is 2.21. The Kier molecular flexibility index (Phi) is 4.83. The summed E-state index contributed by atoms with van der Waals surface area (Å²) in [5.41, 5.74) is 0. The molecule has 2 atom stereocenters. The molecule has 1 heterocycles. The molecule has 0 aromatic heterocycles. The molecule has 0 saturated carbocycles. The molecule has 4 heteroatoms. The quantitative estimate of drug-likeness (QED) is 0.848. The van der Waals surface area contributed by atoms with E-state index in [-0.39, 0.29) is 0 Å². The second-order valence-electron chi connectivity index (χ2n) is 4.23. The van der Waals surface area contributed by atoms with Gasteiger partial charge in [-0.05, 0) is 37.6 Å². The summed E-state index contributed by atoms with van der Waals surface area (Å²) in [7, 11) is 0. The van der Waals surface area contributed by atoms with Gasteiger partial charge in [0.05, 0.1) is 6.10 Å². The maximum atomic E-state index is 5.63. The zero-order chi connectivity index (χ0) is 12.1. The largest absolute Gasteiger partial charge is 0.492 e. The second kappa shape index (κ2) is 6.38. The third kappa shape index (κ3) is 3.98. The van der Waals surface area contributed by atoms with Gasteiger partial charge < -0.3 is 14.8 Å². The molecule has 0 aliphatic carbocycles. The van der Waals surface area contributed by atoms with E-state index in [0.29, 0.717) is 18.8 Å². The van der Waals surface area contributed by atoms with Crippen molar-refractivity contribution in [2.24, 2.45) is 0 Å². The molecule has 1 aromatic carbocycles.